The summed E-state index contributed by atoms with van der Waals surface area (Å²) in [4.78, 5) is 51.1. The van der Waals surface area contributed by atoms with Crippen LogP contribution in [0.25, 0.3) is 0 Å². The molecule has 4 N–H and O–H groups in total. The van der Waals surface area contributed by atoms with Crippen LogP contribution in [0.4, 0.5) is 0 Å². The van der Waals surface area contributed by atoms with E-state index >= 15 is 0 Å². The molecule has 0 saturated heterocycles. The zero-order valence-electron chi connectivity index (χ0n) is 46.8. The average molecular weight is 1070 g/mol. The predicted octanol–water partition coefficient (Wildman–Crippen LogP) is 10.1. The standard InChI is InChI=1S/C61H76O16/c1-27-18-35(66)20-40(68)45(27)52-48-38(26-71-52)47(49(69)37-22-61(77-51(37)48)29(3)15-17-44-57(10,11)55(75-33(7)65)42(73-31(5)63)24-59(44,61)13)53-46-34(25-70-53)19-39(67)36-21-60(76-50(36)46)28(2)14-16-43-56(8,9)54(74-32(6)64)41(72-30(4)62)23-58(43,60)12/h18-20,28-29,41-44,52-55,66-69H,14-17,21-26H2,1-13H3/t28-,29-,41-,42-,43+,44+,52+,53-,54-,55-,58+,59+,60-,61-/m1/s1. The first kappa shape index (κ1) is 53.3. The van der Waals surface area contributed by atoms with Gasteiger partial charge >= 0.3 is 23.9 Å². The highest BCUT2D eigenvalue weighted by Crippen LogP contribution is 2.72. The minimum atomic E-state index is -1.01. The molecule has 16 heteroatoms. The number of hydrogen-bond acceptors (Lipinski definition) is 16. The van der Waals surface area contributed by atoms with Crippen LogP contribution in [0.1, 0.15) is 184 Å². The Labute approximate surface area is 450 Å². The van der Waals surface area contributed by atoms with Crippen molar-refractivity contribution < 1.29 is 77.5 Å². The molecule has 0 aromatic heterocycles. The molecule has 4 fully saturated rings. The van der Waals surface area contributed by atoms with Gasteiger partial charge in [-0.1, -0.05) is 55.4 Å². The lowest BCUT2D eigenvalue weighted by atomic mass is 9.43. The molecule has 416 valence electrons. The Balaban J connectivity index is 1.08. The highest BCUT2D eigenvalue weighted by atomic mass is 16.6. The maximum Gasteiger partial charge on any atom is 0.303 e. The number of aryl methyl sites for hydroxylation is 1. The molecule has 77 heavy (non-hydrogen) atoms. The van der Waals surface area contributed by atoms with E-state index in [4.69, 9.17) is 37.9 Å². The summed E-state index contributed by atoms with van der Waals surface area (Å²) in [6, 6.07) is 4.60. The number of hydrogen-bond donors (Lipinski definition) is 4. The van der Waals surface area contributed by atoms with E-state index in [2.05, 4.69) is 55.4 Å². The highest BCUT2D eigenvalue weighted by Gasteiger charge is 2.72. The van der Waals surface area contributed by atoms with Crippen LogP contribution in [0.15, 0.2) is 18.2 Å². The van der Waals surface area contributed by atoms with Gasteiger partial charge in [-0.15, -0.1) is 0 Å². The number of rotatable bonds is 6. The predicted molar refractivity (Wildman–Crippen MR) is 277 cm³/mol. The van der Waals surface area contributed by atoms with E-state index in [0.29, 0.717) is 80.8 Å². The van der Waals surface area contributed by atoms with Crippen LogP contribution in [0.3, 0.4) is 0 Å². The van der Waals surface area contributed by atoms with Gasteiger partial charge in [0.05, 0.1) is 13.2 Å². The van der Waals surface area contributed by atoms with Gasteiger partial charge in [-0.05, 0) is 97.9 Å². The number of phenolic OH excluding ortho intramolecular Hbond substituents is 4. The maximum absolute atomic E-state index is 13.4. The molecule has 4 aliphatic heterocycles. The molecule has 4 aliphatic carbocycles. The van der Waals surface area contributed by atoms with Crippen LogP contribution in [0.5, 0.6) is 34.5 Å². The summed E-state index contributed by atoms with van der Waals surface area (Å²) < 4.78 is 53.3. The summed E-state index contributed by atoms with van der Waals surface area (Å²) in [7, 11) is 0. The monoisotopic (exact) mass is 1060 g/mol. The number of aromatic hydroxyl groups is 4. The van der Waals surface area contributed by atoms with Crippen molar-refractivity contribution in [3.05, 3.63) is 68.3 Å². The topological polar surface area (TPSA) is 223 Å². The molecule has 0 amide bonds. The molecule has 16 nitrogen and oxygen atoms in total. The van der Waals surface area contributed by atoms with Gasteiger partial charge in [0, 0.05) is 102 Å². The zero-order valence-corrected chi connectivity index (χ0v) is 46.8. The molecular formula is C61H76O16. The lowest BCUT2D eigenvalue weighted by Gasteiger charge is -2.65. The van der Waals surface area contributed by atoms with Crippen molar-refractivity contribution in [3.8, 4) is 34.5 Å². The molecule has 4 saturated carbocycles. The number of benzene rings is 3. The summed E-state index contributed by atoms with van der Waals surface area (Å²) in [5.74, 6) is -1.59. The van der Waals surface area contributed by atoms with E-state index < -0.39 is 93.4 Å². The fraction of sp³-hybridized carbons (Fsp3) is 0.639. The summed E-state index contributed by atoms with van der Waals surface area (Å²) in [5.41, 5.74) is 0.453. The third kappa shape index (κ3) is 7.41. The molecule has 0 bridgehead atoms. The second-order valence-electron chi connectivity index (χ2n) is 26.0. The Morgan fingerprint density at radius 2 is 1.01 bits per heavy atom. The van der Waals surface area contributed by atoms with Gasteiger partial charge in [-0.2, -0.15) is 0 Å². The molecule has 3 aromatic rings. The second-order valence-corrected chi connectivity index (χ2v) is 26.0. The van der Waals surface area contributed by atoms with Gasteiger partial charge < -0.3 is 58.3 Å². The van der Waals surface area contributed by atoms with Gasteiger partial charge in [0.1, 0.15) is 82.3 Å². The number of phenols is 4. The van der Waals surface area contributed by atoms with Gasteiger partial charge in [-0.25, -0.2) is 0 Å². The highest BCUT2D eigenvalue weighted by molar-refractivity contribution is 5.71. The minimum Gasteiger partial charge on any atom is -0.508 e. The van der Waals surface area contributed by atoms with E-state index in [1.54, 1.807) is 19.1 Å². The minimum absolute atomic E-state index is 0.0134. The Hall–Kier alpha value is -5.74. The molecule has 14 atom stereocenters. The van der Waals surface area contributed by atoms with Crippen molar-refractivity contribution in [2.75, 3.05) is 0 Å². The summed E-state index contributed by atoms with van der Waals surface area (Å²) in [6.45, 7) is 24.3. The quantitative estimate of drug-likeness (QED) is 0.133. The number of carbonyl (C=O) groups excluding carboxylic acids is 4. The van der Waals surface area contributed by atoms with E-state index in [1.165, 1.54) is 33.8 Å². The first-order valence-electron chi connectivity index (χ1n) is 27.6. The maximum atomic E-state index is 13.4. The Morgan fingerprint density at radius 1 is 0.545 bits per heavy atom. The molecule has 0 unspecified atom stereocenters. The van der Waals surface area contributed by atoms with Crippen LogP contribution in [-0.2, 0) is 73.7 Å². The second kappa shape index (κ2) is 17.6. The largest absolute Gasteiger partial charge is 0.508 e. The summed E-state index contributed by atoms with van der Waals surface area (Å²) in [5, 5.41) is 47.9. The fourth-order valence-electron chi connectivity index (χ4n) is 18.0. The first-order valence-corrected chi connectivity index (χ1v) is 27.6. The van der Waals surface area contributed by atoms with E-state index in [9.17, 15) is 39.6 Å². The number of fused-ring (bicyclic) bond motifs is 10. The van der Waals surface area contributed by atoms with Crippen molar-refractivity contribution in [1.82, 2.24) is 0 Å². The van der Waals surface area contributed by atoms with Gasteiger partial charge in [0.15, 0.2) is 0 Å². The molecular weight excluding hydrogens is 989 g/mol. The summed E-state index contributed by atoms with van der Waals surface area (Å²) >= 11 is 0. The SMILES string of the molecule is CC(=O)O[C@@H]1[C@H](OC(C)=O)C[C@@]2(C)[C@@H](CC[C@@H](C)[C@]23Cc2c(O)cc4c(c2O3)[C@H](c2c(O)c3c(c5c2CO[C@H]5c2c(C)cc(O)cc2O)O[C@]2(C3)[C@H](C)CC[C@H]3C(C)(C)[C@H](OC(C)=O)[C@H](OC(C)=O)C[C@@]32C)OC4)C1(C)C. The van der Waals surface area contributed by atoms with Gasteiger partial charge in [0.2, 0.25) is 0 Å². The zero-order chi connectivity index (χ0) is 55.6. The fourth-order valence-corrected chi connectivity index (χ4v) is 18.0. The number of ether oxygens (including phenoxy) is 8. The van der Waals surface area contributed by atoms with Crippen LogP contribution >= 0.6 is 0 Å². The Morgan fingerprint density at radius 3 is 1.51 bits per heavy atom. The average Bonchev–Trinajstić information content (AvgIpc) is 4.12. The molecule has 4 heterocycles. The third-order valence-corrected chi connectivity index (χ3v) is 21.1. The Bertz CT molecular complexity index is 3010. The number of esters is 4. The first-order chi connectivity index (χ1) is 36.0. The van der Waals surface area contributed by atoms with Crippen LogP contribution < -0.4 is 9.47 Å². The van der Waals surface area contributed by atoms with Crippen molar-refractivity contribution in [1.29, 1.82) is 0 Å². The molecule has 3 aromatic carbocycles. The lowest BCUT2D eigenvalue weighted by Crippen LogP contribution is -2.70. The lowest BCUT2D eigenvalue weighted by molar-refractivity contribution is -0.251. The van der Waals surface area contributed by atoms with Gasteiger partial charge in [-0.3, -0.25) is 19.2 Å². The molecule has 11 rings (SSSR count). The smallest absolute Gasteiger partial charge is 0.303 e. The van der Waals surface area contributed by atoms with E-state index in [-0.39, 0.29) is 66.3 Å². The van der Waals surface area contributed by atoms with Crippen LogP contribution in [-0.4, -0.2) is 79.9 Å². The third-order valence-electron chi connectivity index (χ3n) is 21.1. The molecule has 0 radical (unpaired) electrons. The van der Waals surface area contributed by atoms with Crippen LogP contribution in [0.2, 0.25) is 0 Å². The number of carbonyl (C=O) groups is 4. The van der Waals surface area contributed by atoms with Crippen molar-refractivity contribution in [2.45, 2.75) is 202 Å². The van der Waals surface area contributed by atoms with E-state index in [1.807, 2.05) is 0 Å². The van der Waals surface area contributed by atoms with Crippen LogP contribution in [0, 0.1) is 52.3 Å². The van der Waals surface area contributed by atoms with Crippen molar-refractivity contribution in [2.24, 2.45) is 45.3 Å². The van der Waals surface area contributed by atoms with Crippen molar-refractivity contribution >= 4 is 23.9 Å². The Kier molecular flexibility index (Phi) is 12.2. The van der Waals surface area contributed by atoms with Gasteiger partial charge in [0.25, 0.3) is 0 Å². The molecule has 2 spiro atoms. The molecule has 8 aliphatic rings. The normalized spacial score (nSPS) is 36.5. The summed E-state index contributed by atoms with van der Waals surface area (Å²) in [6.07, 6.45) is -0.556. The van der Waals surface area contributed by atoms with Crippen molar-refractivity contribution in [3.63, 3.8) is 0 Å². The van der Waals surface area contributed by atoms with E-state index in [0.717, 1.165) is 25.7 Å².